The number of ether oxygens (including phenoxy) is 1. The van der Waals surface area contributed by atoms with Gasteiger partial charge in [-0.1, -0.05) is 18.2 Å². The fourth-order valence-electron chi connectivity index (χ4n) is 3.14. The highest BCUT2D eigenvalue weighted by atomic mass is 32.1. The summed E-state index contributed by atoms with van der Waals surface area (Å²) in [7, 11) is 3.41. The number of aromatic nitrogens is 1. The highest BCUT2D eigenvalue weighted by Crippen LogP contribution is 2.25. The van der Waals surface area contributed by atoms with Crippen LogP contribution in [0, 0.1) is 5.82 Å². The molecule has 0 atom stereocenters. The molecule has 6 heteroatoms. The van der Waals surface area contributed by atoms with Crippen LogP contribution in [0.15, 0.2) is 66.0 Å². The fraction of sp³-hybridized carbons (Fsp3) is 0.130. The first kappa shape index (κ1) is 19.1. The average molecular weight is 406 g/mol. The largest absolute Gasteiger partial charge is 0.497 e. The predicted molar refractivity (Wildman–Crippen MR) is 114 cm³/mol. The minimum atomic E-state index is -0.296. The van der Waals surface area contributed by atoms with Crippen LogP contribution in [0.4, 0.5) is 4.39 Å². The van der Waals surface area contributed by atoms with E-state index in [2.05, 4.69) is 11.1 Å². The molecule has 4 rings (SSSR count). The first-order valence-electron chi connectivity index (χ1n) is 9.07. The molecular weight excluding hydrogens is 387 g/mol. The van der Waals surface area contributed by atoms with Crippen LogP contribution in [-0.4, -0.2) is 29.9 Å². The molecule has 1 amide bonds. The average Bonchev–Trinajstić information content (AvgIpc) is 3.23. The van der Waals surface area contributed by atoms with Gasteiger partial charge in [0.05, 0.1) is 7.11 Å². The molecule has 4 nitrogen and oxygen atoms in total. The Bertz CT molecular complexity index is 1170. The number of carbonyl (C=O) groups is 1. The molecule has 0 aliphatic carbocycles. The van der Waals surface area contributed by atoms with E-state index in [9.17, 15) is 9.18 Å². The van der Waals surface area contributed by atoms with Crippen LogP contribution in [0.3, 0.4) is 0 Å². The fourth-order valence-corrected chi connectivity index (χ4v) is 3.94. The van der Waals surface area contributed by atoms with Crippen LogP contribution < -0.4 is 4.74 Å². The van der Waals surface area contributed by atoms with Gasteiger partial charge in [0.1, 0.15) is 22.3 Å². The van der Waals surface area contributed by atoms with Crippen molar-refractivity contribution >= 4 is 28.0 Å². The summed E-state index contributed by atoms with van der Waals surface area (Å²) in [5.74, 6) is 0.373. The van der Waals surface area contributed by atoms with E-state index in [1.807, 2.05) is 30.3 Å². The molecular formula is C23H19FN2O2S. The molecule has 4 aromatic rings. The van der Waals surface area contributed by atoms with E-state index in [1.165, 1.54) is 23.5 Å². The van der Waals surface area contributed by atoms with Gasteiger partial charge in [-0.3, -0.25) is 4.79 Å². The lowest BCUT2D eigenvalue weighted by Gasteiger charge is -2.16. The number of amides is 1. The quantitative estimate of drug-likeness (QED) is 0.447. The number of carbonyl (C=O) groups excluding carboxylic acids is 1. The third-order valence-electron chi connectivity index (χ3n) is 4.69. The minimum Gasteiger partial charge on any atom is -0.497 e. The number of rotatable bonds is 5. The molecule has 0 aliphatic heterocycles. The van der Waals surface area contributed by atoms with E-state index in [0.29, 0.717) is 17.2 Å². The van der Waals surface area contributed by atoms with Gasteiger partial charge in [0, 0.05) is 24.5 Å². The van der Waals surface area contributed by atoms with E-state index in [1.54, 1.807) is 36.6 Å². The van der Waals surface area contributed by atoms with Crippen molar-refractivity contribution in [3.63, 3.8) is 0 Å². The topological polar surface area (TPSA) is 42.4 Å². The van der Waals surface area contributed by atoms with E-state index in [4.69, 9.17) is 4.74 Å². The summed E-state index contributed by atoms with van der Waals surface area (Å²) in [4.78, 5) is 18.9. The first-order valence-corrected chi connectivity index (χ1v) is 9.95. The molecule has 0 saturated heterocycles. The summed E-state index contributed by atoms with van der Waals surface area (Å²) < 4.78 is 18.4. The van der Waals surface area contributed by atoms with Gasteiger partial charge in [0.25, 0.3) is 5.91 Å². The number of benzene rings is 3. The van der Waals surface area contributed by atoms with Crippen molar-refractivity contribution in [2.75, 3.05) is 14.2 Å². The summed E-state index contributed by atoms with van der Waals surface area (Å²) in [5.41, 5.74) is 2.22. The van der Waals surface area contributed by atoms with E-state index >= 15 is 0 Å². The smallest absolute Gasteiger partial charge is 0.273 e. The number of methoxy groups -OCH3 is 1. The number of nitrogens with zero attached hydrogens (tertiary/aromatic N) is 2. The van der Waals surface area contributed by atoms with Crippen LogP contribution >= 0.6 is 11.3 Å². The second-order valence-corrected chi connectivity index (χ2v) is 7.61. The van der Waals surface area contributed by atoms with Crippen molar-refractivity contribution < 1.29 is 13.9 Å². The van der Waals surface area contributed by atoms with Gasteiger partial charge < -0.3 is 9.64 Å². The van der Waals surface area contributed by atoms with Gasteiger partial charge in [-0.15, -0.1) is 11.3 Å². The van der Waals surface area contributed by atoms with Gasteiger partial charge in [-0.25, -0.2) is 9.37 Å². The molecule has 0 N–H and O–H groups in total. The van der Waals surface area contributed by atoms with E-state index < -0.39 is 0 Å². The van der Waals surface area contributed by atoms with Crippen molar-refractivity contribution in [1.82, 2.24) is 9.88 Å². The summed E-state index contributed by atoms with van der Waals surface area (Å²) in [5, 5.41) is 4.62. The van der Waals surface area contributed by atoms with Gasteiger partial charge in [-0.2, -0.15) is 0 Å². The number of hydrogen-bond donors (Lipinski definition) is 0. The van der Waals surface area contributed by atoms with Crippen molar-refractivity contribution in [3.8, 4) is 16.3 Å². The van der Waals surface area contributed by atoms with Crippen LogP contribution in [0.25, 0.3) is 21.3 Å². The summed E-state index contributed by atoms with van der Waals surface area (Å²) >= 11 is 1.37. The molecule has 1 aromatic heterocycles. The predicted octanol–water partition coefficient (Wildman–Crippen LogP) is 5.38. The van der Waals surface area contributed by atoms with Gasteiger partial charge >= 0.3 is 0 Å². The maximum absolute atomic E-state index is 13.1. The molecule has 1 heterocycles. The van der Waals surface area contributed by atoms with Crippen LogP contribution in [0.1, 0.15) is 16.1 Å². The molecule has 3 aromatic carbocycles. The lowest BCUT2D eigenvalue weighted by atomic mass is 10.1. The maximum atomic E-state index is 13.1. The zero-order valence-electron chi connectivity index (χ0n) is 16.1. The Morgan fingerprint density at radius 3 is 2.55 bits per heavy atom. The monoisotopic (exact) mass is 406 g/mol. The maximum Gasteiger partial charge on any atom is 0.273 e. The van der Waals surface area contributed by atoms with Gasteiger partial charge in [0.2, 0.25) is 0 Å². The molecule has 0 spiro atoms. The third-order valence-corrected chi connectivity index (χ3v) is 5.58. The van der Waals surface area contributed by atoms with Crippen molar-refractivity contribution in [2.45, 2.75) is 6.54 Å². The third kappa shape index (κ3) is 4.12. The Morgan fingerprint density at radius 2 is 1.79 bits per heavy atom. The van der Waals surface area contributed by atoms with Crippen molar-refractivity contribution in [1.29, 1.82) is 0 Å². The Morgan fingerprint density at radius 1 is 1.07 bits per heavy atom. The number of halogens is 1. The summed E-state index contributed by atoms with van der Waals surface area (Å²) in [6, 6.07) is 18.1. The Hall–Kier alpha value is -3.25. The molecule has 0 fully saturated rings. The highest BCUT2D eigenvalue weighted by molar-refractivity contribution is 7.13. The van der Waals surface area contributed by atoms with E-state index in [-0.39, 0.29) is 11.7 Å². The number of hydrogen-bond acceptors (Lipinski definition) is 4. The SMILES string of the molecule is COc1ccc2cc(CN(C)C(=O)c3csc(-c4ccc(F)cc4)n3)ccc2c1. The van der Waals surface area contributed by atoms with Crippen LogP contribution in [0.5, 0.6) is 5.75 Å². The second kappa shape index (κ2) is 8.01. The molecule has 146 valence electrons. The number of thiazole rings is 1. The lowest BCUT2D eigenvalue weighted by Crippen LogP contribution is -2.26. The Kier molecular flexibility index (Phi) is 5.27. The van der Waals surface area contributed by atoms with Crippen LogP contribution in [0.2, 0.25) is 0 Å². The Labute approximate surface area is 172 Å². The van der Waals surface area contributed by atoms with Gasteiger partial charge in [0.15, 0.2) is 0 Å². The molecule has 0 bridgehead atoms. The zero-order chi connectivity index (χ0) is 20.4. The highest BCUT2D eigenvalue weighted by Gasteiger charge is 2.16. The minimum absolute atomic E-state index is 0.149. The van der Waals surface area contributed by atoms with E-state index in [0.717, 1.165) is 27.6 Å². The van der Waals surface area contributed by atoms with Gasteiger partial charge in [-0.05, 0) is 58.8 Å². The van der Waals surface area contributed by atoms with Crippen molar-refractivity contribution in [2.24, 2.45) is 0 Å². The number of fused-ring (bicyclic) bond motifs is 1. The standard InChI is InChI=1S/C23H19FN2O2S/c1-26(13-15-3-4-18-12-20(28-2)10-7-17(18)11-15)23(27)21-14-29-22(25-21)16-5-8-19(24)9-6-16/h3-12,14H,13H2,1-2H3. The first-order chi connectivity index (χ1) is 14.0. The summed E-state index contributed by atoms with van der Waals surface area (Å²) in [6.45, 7) is 0.476. The molecule has 0 aliphatic rings. The molecule has 0 unspecified atom stereocenters. The summed E-state index contributed by atoms with van der Waals surface area (Å²) in [6.07, 6.45) is 0. The zero-order valence-corrected chi connectivity index (χ0v) is 16.9. The lowest BCUT2D eigenvalue weighted by molar-refractivity contribution is 0.0780. The molecule has 0 saturated carbocycles. The van der Waals surface area contributed by atoms with Crippen molar-refractivity contribution in [3.05, 3.63) is 83.1 Å². The normalized spacial score (nSPS) is 10.9. The molecule has 0 radical (unpaired) electrons. The van der Waals surface area contributed by atoms with Crippen LogP contribution in [-0.2, 0) is 6.54 Å². The molecule has 29 heavy (non-hydrogen) atoms. The Balaban J connectivity index is 1.49. The second-order valence-electron chi connectivity index (χ2n) is 6.75.